The summed E-state index contributed by atoms with van der Waals surface area (Å²) in [6.07, 6.45) is 8.83. The van der Waals surface area contributed by atoms with Gasteiger partial charge in [0, 0.05) is 0 Å². The van der Waals surface area contributed by atoms with Gasteiger partial charge < -0.3 is 0 Å². The van der Waals surface area contributed by atoms with Crippen LogP contribution in [0.4, 0.5) is 0 Å². The predicted molar refractivity (Wildman–Crippen MR) is 60.4 cm³/mol. The van der Waals surface area contributed by atoms with E-state index >= 15 is 0 Å². The molecule has 1 heterocycles. The summed E-state index contributed by atoms with van der Waals surface area (Å²) >= 11 is 0.583. The molecule has 1 aliphatic heterocycles. The van der Waals surface area contributed by atoms with E-state index in [0.717, 1.165) is 15.8 Å². The molecule has 0 nitrogen and oxygen atoms in total. The van der Waals surface area contributed by atoms with Gasteiger partial charge in [0.1, 0.15) is 0 Å². The summed E-state index contributed by atoms with van der Waals surface area (Å²) in [6, 6.07) is 0. The van der Waals surface area contributed by atoms with E-state index in [-0.39, 0.29) is 0 Å². The predicted octanol–water partition coefficient (Wildman–Crippen LogP) is 1.09. The molecule has 0 aromatic rings. The quantitative estimate of drug-likeness (QED) is 0.391. The summed E-state index contributed by atoms with van der Waals surface area (Å²) in [4.78, 5) is 0. The Labute approximate surface area is 100 Å². The summed E-state index contributed by atoms with van der Waals surface area (Å²) in [7, 11) is 0. The summed E-state index contributed by atoms with van der Waals surface area (Å²) in [5.41, 5.74) is 0. The summed E-state index contributed by atoms with van der Waals surface area (Å²) in [6.45, 7) is 7.31. The molecule has 3 atom stereocenters. The van der Waals surface area contributed by atoms with Gasteiger partial charge in [0.15, 0.2) is 0 Å². The van der Waals surface area contributed by atoms with Gasteiger partial charge in [-0.3, -0.25) is 0 Å². The molecule has 1 fully saturated rings. The van der Waals surface area contributed by atoms with Crippen LogP contribution >= 0.6 is 0 Å². The van der Waals surface area contributed by atoms with Gasteiger partial charge in [-0.25, -0.2) is 0 Å². The first-order valence-electron chi connectivity index (χ1n) is 6.33. The number of hydrogen-bond acceptors (Lipinski definition) is 0. The molecule has 1 saturated heterocycles. The van der Waals surface area contributed by atoms with E-state index < -0.39 is 0 Å². The van der Waals surface area contributed by atoms with Crippen LogP contribution in [0, 0.1) is 11.8 Å². The van der Waals surface area contributed by atoms with Crippen LogP contribution in [-0.4, -0.2) is 8.35 Å². The second-order valence-electron chi connectivity index (χ2n) is 4.80. The van der Waals surface area contributed by atoms with Gasteiger partial charge in [0.05, 0.1) is 0 Å². The molecular formula is C13H26I-. The standard InChI is InChI=1S/C13H26I/c1-4-5-6-7-8-11(2)13-9-10-14-12(13)3/h11-13H,4-10H2,1-3H3/q-1/t11?,12-,13?/m0/s1. The molecule has 14 heavy (non-hydrogen) atoms. The van der Waals surface area contributed by atoms with Crippen molar-refractivity contribution in [2.24, 2.45) is 11.8 Å². The van der Waals surface area contributed by atoms with Crippen LogP contribution in [0.25, 0.3) is 0 Å². The van der Waals surface area contributed by atoms with E-state index in [2.05, 4.69) is 20.8 Å². The molecule has 0 aromatic carbocycles. The summed E-state index contributed by atoms with van der Waals surface area (Å²) in [5.74, 6) is 2.12. The van der Waals surface area contributed by atoms with Crippen LogP contribution in [0.1, 0.15) is 59.3 Å². The topological polar surface area (TPSA) is 0 Å². The van der Waals surface area contributed by atoms with E-state index in [9.17, 15) is 0 Å². The van der Waals surface area contributed by atoms with Gasteiger partial charge >= 0.3 is 101 Å². The van der Waals surface area contributed by atoms with Crippen molar-refractivity contribution in [3.8, 4) is 0 Å². The van der Waals surface area contributed by atoms with Crippen molar-refractivity contribution in [3.63, 3.8) is 0 Å². The molecule has 86 valence electrons. The van der Waals surface area contributed by atoms with Gasteiger partial charge in [-0.05, 0) is 0 Å². The van der Waals surface area contributed by atoms with Crippen molar-refractivity contribution in [2.75, 3.05) is 4.43 Å². The zero-order valence-electron chi connectivity index (χ0n) is 10.1. The number of alkyl halides is 2. The van der Waals surface area contributed by atoms with Crippen molar-refractivity contribution >= 4 is 0 Å². The number of hydrogen-bond donors (Lipinski definition) is 0. The van der Waals surface area contributed by atoms with E-state index in [1.165, 1.54) is 32.1 Å². The number of halogens is 1. The van der Waals surface area contributed by atoms with Crippen LogP contribution in [0.3, 0.4) is 0 Å². The Morgan fingerprint density at radius 3 is 2.64 bits per heavy atom. The third kappa shape index (κ3) is 4.08. The van der Waals surface area contributed by atoms with Crippen LogP contribution in [0.2, 0.25) is 0 Å². The first-order chi connectivity index (χ1) is 6.75. The van der Waals surface area contributed by atoms with E-state index in [1.54, 1.807) is 10.8 Å². The van der Waals surface area contributed by atoms with E-state index in [0.29, 0.717) is 21.2 Å². The first kappa shape index (κ1) is 12.8. The number of unbranched alkanes of at least 4 members (excludes halogenated alkanes) is 3. The molecule has 1 rings (SSSR count). The second-order valence-corrected chi connectivity index (χ2v) is 8.72. The second kappa shape index (κ2) is 7.08. The average Bonchev–Trinajstić information content (AvgIpc) is 2.59. The molecule has 0 N–H and O–H groups in total. The van der Waals surface area contributed by atoms with Gasteiger partial charge in [-0.1, -0.05) is 0 Å². The summed E-state index contributed by atoms with van der Waals surface area (Å²) < 4.78 is 2.72. The first-order valence-corrected chi connectivity index (χ1v) is 9.10. The Morgan fingerprint density at radius 1 is 1.29 bits per heavy atom. The average molecular weight is 309 g/mol. The Kier molecular flexibility index (Phi) is 6.47. The fourth-order valence-corrected chi connectivity index (χ4v) is 6.33. The maximum absolute atomic E-state index is 2.51. The molecule has 2 unspecified atom stereocenters. The van der Waals surface area contributed by atoms with Crippen LogP contribution in [0.15, 0.2) is 0 Å². The number of rotatable bonds is 6. The molecule has 0 amide bonds. The fraction of sp³-hybridized carbons (Fsp3) is 1.00. The zero-order valence-corrected chi connectivity index (χ0v) is 12.2. The Hall–Kier alpha value is 0.730. The molecule has 0 saturated carbocycles. The van der Waals surface area contributed by atoms with Crippen molar-refractivity contribution in [1.29, 1.82) is 0 Å². The molecule has 0 aliphatic carbocycles. The van der Waals surface area contributed by atoms with Crippen LogP contribution in [0.5, 0.6) is 0 Å². The molecule has 1 heteroatoms. The zero-order chi connectivity index (χ0) is 10.4. The van der Waals surface area contributed by atoms with Crippen molar-refractivity contribution in [1.82, 2.24) is 0 Å². The van der Waals surface area contributed by atoms with Gasteiger partial charge in [-0.15, -0.1) is 0 Å². The Morgan fingerprint density at radius 2 is 2.07 bits per heavy atom. The fourth-order valence-electron chi connectivity index (χ4n) is 2.55. The molecule has 1 aliphatic rings. The third-order valence-electron chi connectivity index (χ3n) is 3.63. The molecule has 0 spiro atoms. The molecule has 0 radical (unpaired) electrons. The van der Waals surface area contributed by atoms with E-state index in [4.69, 9.17) is 0 Å². The minimum absolute atomic E-state index is 0.583. The molecule has 0 bridgehead atoms. The van der Waals surface area contributed by atoms with Crippen LogP contribution < -0.4 is 21.2 Å². The van der Waals surface area contributed by atoms with Gasteiger partial charge in [0.25, 0.3) is 0 Å². The third-order valence-corrected chi connectivity index (χ3v) is 7.19. The van der Waals surface area contributed by atoms with Gasteiger partial charge in [-0.2, -0.15) is 0 Å². The Bertz CT molecular complexity index is 144. The van der Waals surface area contributed by atoms with Crippen molar-refractivity contribution in [2.45, 2.75) is 63.2 Å². The monoisotopic (exact) mass is 309 g/mol. The van der Waals surface area contributed by atoms with Gasteiger partial charge in [0.2, 0.25) is 0 Å². The Balaban J connectivity index is 2.11. The summed E-state index contributed by atoms with van der Waals surface area (Å²) in [5, 5.41) is 0. The van der Waals surface area contributed by atoms with Crippen LogP contribution in [-0.2, 0) is 0 Å². The SMILES string of the molecule is CCCCCCC(C)C1CC[I-][C@H]1C. The van der Waals surface area contributed by atoms with E-state index in [1.807, 2.05) is 0 Å². The normalized spacial score (nSPS) is 29.9. The maximum atomic E-state index is 2.51. The van der Waals surface area contributed by atoms with Crippen molar-refractivity contribution < 1.29 is 21.2 Å². The minimum atomic E-state index is 0.583. The molecular weight excluding hydrogens is 283 g/mol. The molecule has 0 aromatic heterocycles. The van der Waals surface area contributed by atoms with Crippen molar-refractivity contribution in [3.05, 3.63) is 0 Å².